The van der Waals surface area contributed by atoms with Crippen molar-refractivity contribution in [2.24, 2.45) is 11.3 Å². The Labute approximate surface area is 174 Å². The predicted octanol–water partition coefficient (Wildman–Crippen LogP) is 4.75. The van der Waals surface area contributed by atoms with Crippen LogP contribution in [0.15, 0.2) is 40.7 Å². The van der Waals surface area contributed by atoms with E-state index in [9.17, 15) is 9.90 Å². The maximum absolute atomic E-state index is 12.4. The lowest BCUT2D eigenvalue weighted by Gasteiger charge is -2.43. The highest BCUT2D eigenvalue weighted by Crippen LogP contribution is 2.43. The SMILES string of the molecule is COc1cc2c(c(C)cc1=O)CC1C[C@@H](O)/C(C)=C/CC(C)(C)/C=C/C[C@@]1(C)O2. The molecule has 1 aromatic rings. The molecule has 0 saturated carbocycles. The molecule has 1 aliphatic heterocycles. The summed E-state index contributed by atoms with van der Waals surface area (Å²) in [4.78, 5) is 12.4. The van der Waals surface area contributed by atoms with Gasteiger partial charge >= 0.3 is 0 Å². The van der Waals surface area contributed by atoms with E-state index in [-0.39, 0.29) is 16.8 Å². The topological polar surface area (TPSA) is 55.8 Å². The summed E-state index contributed by atoms with van der Waals surface area (Å²) in [5.74, 6) is 1.13. The molecule has 0 aromatic heterocycles. The van der Waals surface area contributed by atoms with Crippen molar-refractivity contribution >= 4 is 0 Å². The molecule has 0 radical (unpaired) electrons. The lowest BCUT2D eigenvalue weighted by molar-refractivity contribution is -0.00745. The second-order valence-electron chi connectivity index (χ2n) is 9.56. The van der Waals surface area contributed by atoms with Crippen molar-refractivity contribution in [3.8, 4) is 11.5 Å². The third-order valence-electron chi connectivity index (χ3n) is 6.58. The van der Waals surface area contributed by atoms with Gasteiger partial charge in [0, 0.05) is 18.4 Å². The molecule has 1 heterocycles. The molecule has 0 amide bonds. The van der Waals surface area contributed by atoms with Gasteiger partial charge in [0.1, 0.15) is 11.4 Å². The fourth-order valence-corrected chi connectivity index (χ4v) is 4.37. The Bertz CT molecular complexity index is 896. The molecule has 0 saturated heterocycles. The molecule has 29 heavy (non-hydrogen) atoms. The van der Waals surface area contributed by atoms with E-state index in [0.717, 1.165) is 36.0 Å². The molecule has 1 unspecified atom stereocenters. The van der Waals surface area contributed by atoms with E-state index in [0.29, 0.717) is 17.9 Å². The number of aliphatic hydroxyl groups excluding tert-OH is 1. The second-order valence-corrected chi connectivity index (χ2v) is 9.56. The van der Waals surface area contributed by atoms with Crippen LogP contribution in [0.5, 0.6) is 11.5 Å². The van der Waals surface area contributed by atoms with Gasteiger partial charge in [0.15, 0.2) is 5.75 Å². The van der Waals surface area contributed by atoms with Crippen LogP contribution in [0.1, 0.15) is 58.1 Å². The van der Waals surface area contributed by atoms with Gasteiger partial charge in [0.05, 0.1) is 13.2 Å². The fraction of sp³-hybridized carbons (Fsp3) is 0.560. The molecule has 1 N–H and O–H groups in total. The first kappa shape index (κ1) is 21.6. The summed E-state index contributed by atoms with van der Waals surface area (Å²) in [6, 6.07) is 3.35. The maximum Gasteiger partial charge on any atom is 0.220 e. The smallest absolute Gasteiger partial charge is 0.220 e. The molecule has 1 aromatic carbocycles. The van der Waals surface area contributed by atoms with E-state index < -0.39 is 11.7 Å². The maximum atomic E-state index is 12.4. The molecule has 0 fully saturated rings. The minimum absolute atomic E-state index is 0.0213. The van der Waals surface area contributed by atoms with Crippen molar-refractivity contribution in [2.45, 2.75) is 72.0 Å². The van der Waals surface area contributed by atoms with E-state index in [4.69, 9.17) is 9.47 Å². The van der Waals surface area contributed by atoms with Crippen LogP contribution in [-0.4, -0.2) is 23.9 Å². The van der Waals surface area contributed by atoms with Crippen molar-refractivity contribution in [1.29, 1.82) is 0 Å². The number of hydrogen-bond acceptors (Lipinski definition) is 4. The van der Waals surface area contributed by atoms with Gasteiger partial charge in [-0.2, -0.15) is 0 Å². The normalized spacial score (nSPS) is 31.8. The third kappa shape index (κ3) is 4.58. The summed E-state index contributed by atoms with van der Waals surface area (Å²) in [6.07, 6.45) is 9.16. The summed E-state index contributed by atoms with van der Waals surface area (Å²) in [5, 5.41) is 10.9. The van der Waals surface area contributed by atoms with Crippen molar-refractivity contribution < 1.29 is 14.6 Å². The Balaban J connectivity index is 2.10. The van der Waals surface area contributed by atoms with Gasteiger partial charge in [0.2, 0.25) is 5.43 Å². The zero-order valence-electron chi connectivity index (χ0n) is 18.5. The molecule has 158 valence electrons. The average molecular weight is 399 g/mol. The minimum atomic E-state index is -0.499. The fourth-order valence-electron chi connectivity index (χ4n) is 4.37. The summed E-state index contributed by atoms with van der Waals surface area (Å²) >= 11 is 0. The van der Waals surface area contributed by atoms with E-state index in [1.54, 1.807) is 12.1 Å². The monoisotopic (exact) mass is 398 g/mol. The van der Waals surface area contributed by atoms with Gasteiger partial charge in [-0.15, -0.1) is 0 Å². The first-order chi connectivity index (χ1) is 13.5. The minimum Gasteiger partial charge on any atom is -0.493 e. The average Bonchev–Trinajstić information content (AvgIpc) is 2.75. The third-order valence-corrected chi connectivity index (χ3v) is 6.58. The molecule has 4 nitrogen and oxygen atoms in total. The largest absolute Gasteiger partial charge is 0.493 e. The van der Waals surface area contributed by atoms with Crippen LogP contribution >= 0.6 is 0 Å². The lowest BCUT2D eigenvalue weighted by atomic mass is 9.75. The molecule has 1 aliphatic carbocycles. The zero-order chi connectivity index (χ0) is 21.4. The lowest BCUT2D eigenvalue weighted by Crippen LogP contribution is -2.46. The second kappa shape index (κ2) is 7.98. The number of fused-ring (bicyclic) bond motifs is 2. The van der Waals surface area contributed by atoms with Crippen molar-refractivity contribution in [3.05, 3.63) is 57.3 Å². The first-order valence-corrected chi connectivity index (χ1v) is 10.5. The van der Waals surface area contributed by atoms with Gasteiger partial charge < -0.3 is 14.6 Å². The number of aryl methyl sites for hydroxylation is 1. The van der Waals surface area contributed by atoms with Crippen LogP contribution < -0.4 is 14.9 Å². The molecular weight excluding hydrogens is 364 g/mol. The van der Waals surface area contributed by atoms with Crippen LogP contribution in [-0.2, 0) is 6.42 Å². The molecule has 0 spiro atoms. The summed E-state index contributed by atoms with van der Waals surface area (Å²) in [5.41, 5.74) is 2.36. The van der Waals surface area contributed by atoms with Crippen molar-refractivity contribution in [1.82, 2.24) is 0 Å². The zero-order valence-corrected chi connectivity index (χ0v) is 18.5. The Hall–Kier alpha value is -2.07. The summed E-state index contributed by atoms with van der Waals surface area (Å²) in [6.45, 7) is 10.5. The van der Waals surface area contributed by atoms with Gasteiger partial charge in [-0.3, -0.25) is 4.79 Å². The first-order valence-electron chi connectivity index (χ1n) is 10.5. The van der Waals surface area contributed by atoms with Crippen LogP contribution in [0, 0.1) is 18.3 Å². The standard InChI is InChI=1S/C25H34O4/c1-16-8-11-24(3,4)9-7-10-25(5)18(14-20(16)26)13-19-17(2)12-21(27)23(28-6)15-22(19)29-25/h7-9,12,15,18,20,26H,10-11,13-14H2,1-6H3/b9-7+,16-8+/t18?,20-,25-/m1/s1. The van der Waals surface area contributed by atoms with Gasteiger partial charge in [0.25, 0.3) is 0 Å². The highest BCUT2D eigenvalue weighted by Gasteiger charge is 2.42. The van der Waals surface area contributed by atoms with E-state index in [1.165, 1.54) is 7.11 Å². The van der Waals surface area contributed by atoms with Crippen LogP contribution in [0.3, 0.4) is 0 Å². The number of hydrogen-bond donors (Lipinski definition) is 1. The number of allylic oxidation sites excluding steroid dienone is 2. The van der Waals surface area contributed by atoms with E-state index in [1.807, 2.05) is 13.8 Å². The molecule has 3 rings (SSSR count). The Morgan fingerprint density at radius 2 is 1.90 bits per heavy atom. The van der Waals surface area contributed by atoms with Crippen molar-refractivity contribution in [2.75, 3.05) is 7.11 Å². The van der Waals surface area contributed by atoms with Gasteiger partial charge in [-0.05, 0) is 68.2 Å². The number of aliphatic hydroxyl groups is 1. The number of methoxy groups -OCH3 is 1. The Morgan fingerprint density at radius 3 is 2.59 bits per heavy atom. The number of ether oxygens (including phenoxy) is 2. The highest BCUT2D eigenvalue weighted by molar-refractivity contribution is 5.45. The molecule has 2 aliphatic rings. The van der Waals surface area contributed by atoms with Crippen LogP contribution in [0.25, 0.3) is 0 Å². The highest BCUT2D eigenvalue weighted by atomic mass is 16.5. The van der Waals surface area contributed by atoms with E-state index in [2.05, 4.69) is 39.0 Å². The Kier molecular flexibility index (Phi) is 5.96. The predicted molar refractivity (Wildman–Crippen MR) is 117 cm³/mol. The summed E-state index contributed by atoms with van der Waals surface area (Å²) < 4.78 is 11.9. The molecule has 3 atom stereocenters. The quantitative estimate of drug-likeness (QED) is 0.694. The van der Waals surface area contributed by atoms with Crippen molar-refractivity contribution in [3.63, 3.8) is 0 Å². The molecule has 0 bridgehead atoms. The molecule has 4 heteroatoms. The summed E-state index contributed by atoms with van der Waals surface area (Å²) in [7, 11) is 1.51. The van der Waals surface area contributed by atoms with Gasteiger partial charge in [-0.25, -0.2) is 0 Å². The Morgan fingerprint density at radius 1 is 1.17 bits per heavy atom. The van der Waals surface area contributed by atoms with E-state index >= 15 is 0 Å². The van der Waals surface area contributed by atoms with Crippen LogP contribution in [0.4, 0.5) is 0 Å². The number of rotatable bonds is 1. The van der Waals surface area contributed by atoms with Crippen LogP contribution in [0.2, 0.25) is 0 Å². The molecular formula is C25H34O4. The van der Waals surface area contributed by atoms with Gasteiger partial charge in [-0.1, -0.05) is 32.1 Å².